The van der Waals surface area contributed by atoms with Gasteiger partial charge >= 0.3 is 6.36 Å². The molecular weight excluding hydrogens is 245 g/mol. The van der Waals surface area contributed by atoms with E-state index in [0.29, 0.717) is 5.69 Å². The van der Waals surface area contributed by atoms with Crippen molar-refractivity contribution in [2.45, 2.75) is 19.2 Å². The molecule has 100 valence electrons. The molecule has 2 rings (SSSR count). The second kappa shape index (κ2) is 5.06. The first-order chi connectivity index (χ1) is 8.46. The molecule has 0 atom stereocenters. The van der Waals surface area contributed by atoms with Gasteiger partial charge in [-0.25, -0.2) is 0 Å². The number of hydrogen-bond acceptors (Lipinski definition) is 3. The van der Waals surface area contributed by atoms with Crippen molar-refractivity contribution in [2.24, 2.45) is 0 Å². The van der Waals surface area contributed by atoms with Gasteiger partial charge in [0.25, 0.3) is 0 Å². The number of nitrogens with zero attached hydrogens (tertiary/aromatic N) is 1. The van der Waals surface area contributed by atoms with Crippen LogP contribution in [0.5, 0.6) is 0 Å². The van der Waals surface area contributed by atoms with Gasteiger partial charge in [0.15, 0.2) is 0 Å². The van der Waals surface area contributed by atoms with Crippen molar-refractivity contribution in [2.75, 3.05) is 30.3 Å². The number of benzene rings is 1. The normalized spacial score (nSPS) is 15.6. The van der Waals surface area contributed by atoms with Gasteiger partial charge in [0.05, 0.1) is 6.61 Å². The summed E-state index contributed by atoms with van der Waals surface area (Å²) in [6.07, 6.45) is -2.69. The Morgan fingerprint density at radius 2 is 2.11 bits per heavy atom. The van der Waals surface area contributed by atoms with Gasteiger partial charge in [-0.05, 0) is 30.5 Å². The number of rotatable bonds is 3. The molecule has 1 aliphatic heterocycles. The van der Waals surface area contributed by atoms with E-state index in [-0.39, 0.29) is 13.2 Å². The number of halogens is 3. The fraction of sp³-hybridized carbons (Fsp3) is 0.500. The predicted octanol–water partition coefficient (Wildman–Crippen LogP) is 2.56. The zero-order valence-electron chi connectivity index (χ0n) is 9.83. The summed E-state index contributed by atoms with van der Waals surface area (Å²) < 4.78 is 39.5. The van der Waals surface area contributed by atoms with Crippen molar-refractivity contribution in [1.29, 1.82) is 0 Å². The number of nitrogen functional groups attached to an aromatic ring is 1. The van der Waals surface area contributed by atoms with Crippen molar-refractivity contribution in [1.82, 2.24) is 0 Å². The zero-order valence-corrected chi connectivity index (χ0v) is 9.83. The van der Waals surface area contributed by atoms with Crippen molar-refractivity contribution >= 4 is 11.4 Å². The van der Waals surface area contributed by atoms with Gasteiger partial charge in [-0.2, -0.15) is 0 Å². The third kappa shape index (κ3) is 3.29. The van der Waals surface area contributed by atoms with Crippen LogP contribution in [0.1, 0.15) is 12.0 Å². The van der Waals surface area contributed by atoms with Crippen LogP contribution in [0.25, 0.3) is 0 Å². The average molecular weight is 260 g/mol. The lowest BCUT2D eigenvalue weighted by Gasteiger charge is -2.31. The molecule has 0 radical (unpaired) electrons. The maximum atomic E-state index is 11.9. The third-order valence-electron chi connectivity index (χ3n) is 2.95. The highest BCUT2D eigenvalue weighted by molar-refractivity contribution is 5.62. The van der Waals surface area contributed by atoms with Crippen molar-refractivity contribution in [3.8, 4) is 0 Å². The van der Waals surface area contributed by atoms with Crippen LogP contribution in [0.4, 0.5) is 24.5 Å². The highest BCUT2D eigenvalue weighted by Crippen LogP contribution is 2.29. The molecule has 1 aromatic rings. The van der Waals surface area contributed by atoms with E-state index in [9.17, 15) is 13.2 Å². The summed E-state index contributed by atoms with van der Waals surface area (Å²) in [6, 6.07) is 5.55. The van der Waals surface area contributed by atoms with Crippen LogP contribution < -0.4 is 10.6 Å². The molecule has 1 aromatic carbocycles. The Balaban J connectivity index is 2.01. The smallest absolute Gasteiger partial charge is 0.399 e. The van der Waals surface area contributed by atoms with Crippen LogP contribution >= 0.6 is 0 Å². The number of hydrogen-bond donors (Lipinski definition) is 1. The summed E-state index contributed by atoms with van der Waals surface area (Å²) in [5.74, 6) is 0. The van der Waals surface area contributed by atoms with E-state index in [1.54, 1.807) is 0 Å². The van der Waals surface area contributed by atoms with Crippen molar-refractivity contribution < 1.29 is 17.9 Å². The van der Waals surface area contributed by atoms with Crippen molar-refractivity contribution in [3.63, 3.8) is 0 Å². The SMILES string of the molecule is Nc1ccc2c(c1)N(CCOC(F)(F)F)CCC2. The molecule has 6 heteroatoms. The van der Waals surface area contributed by atoms with E-state index in [0.717, 1.165) is 30.6 Å². The molecule has 0 aliphatic carbocycles. The van der Waals surface area contributed by atoms with Crippen LogP contribution in [0.2, 0.25) is 0 Å². The molecule has 0 saturated carbocycles. The summed E-state index contributed by atoms with van der Waals surface area (Å²) in [6.45, 7) is 0.589. The molecule has 0 fully saturated rings. The standard InChI is InChI=1S/C12H15F3N2O/c13-12(14,15)18-7-6-17-5-1-2-9-3-4-10(16)8-11(9)17/h3-4,8H,1-2,5-7,16H2. The Morgan fingerprint density at radius 1 is 1.33 bits per heavy atom. The van der Waals surface area contributed by atoms with Gasteiger partial charge in [0.1, 0.15) is 0 Å². The summed E-state index contributed by atoms with van der Waals surface area (Å²) >= 11 is 0. The maximum Gasteiger partial charge on any atom is 0.522 e. The molecular formula is C12H15F3N2O. The largest absolute Gasteiger partial charge is 0.522 e. The minimum absolute atomic E-state index is 0.218. The molecule has 1 heterocycles. The van der Waals surface area contributed by atoms with E-state index >= 15 is 0 Å². The fourth-order valence-electron chi connectivity index (χ4n) is 2.17. The Hall–Kier alpha value is -1.43. The monoisotopic (exact) mass is 260 g/mol. The number of anilines is 2. The molecule has 0 saturated heterocycles. The lowest BCUT2D eigenvalue weighted by Crippen LogP contribution is -2.33. The third-order valence-corrected chi connectivity index (χ3v) is 2.95. The topological polar surface area (TPSA) is 38.5 Å². The fourth-order valence-corrected chi connectivity index (χ4v) is 2.17. The minimum Gasteiger partial charge on any atom is -0.399 e. The first kappa shape index (κ1) is 13.0. The van der Waals surface area contributed by atoms with Gasteiger partial charge in [-0.15, -0.1) is 13.2 Å². The van der Waals surface area contributed by atoms with Crippen LogP contribution in [-0.4, -0.2) is 26.1 Å². The highest BCUT2D eigenvalue weighted by atomic mass is 19.4. The van der Waals surface area contributed by atoms with Gasteiger partial charge in [-0.3, -0.25) is 4.74 Å². The predicted molar refractivity (Wildman–Crippen MR) is 63.4 cm³/mol. The first-order valence-corrected chi connectivity index (χ1v) is 5.80. The van der Waals surface area contributed by atoms with Crippen LogP contribution in [-0.2, 0) is 11.2 Å². The molecule has 0 spiro atoms. The van der Waals surface area contributed by atoms with Crippen LogP contribution in [0.15, 0.2) is 18.2 Å². The molecule has 1 aliphatic rings. The zero-order chi connectivity index (χ0) is 13.2. The molecule has 3 nitrogen and oxygen atoms in total. The number of aryl methyl sites for hydroxylation is 1. The Bertz CT molecular complexity index is 420. The maximum absolute atomic E-state index is 11.9. The van der Waals surface area contributed by atoms with Gasteiger partial charge in [0, 0.05) is 24.5 Å². The molecule has 2 N–H and O–H groups in total. The number of alkyl halides is 3. The van der Waals surface area contributed by atoms with E-state index in [2.05, 4.69) is 4.74 Å². The van der Waals surface area contributed by atoms with Crippen LogP contribution in [0.3, 0.4) is 0 Å². The second-order valence-corrected chi connectivity index (χ2v) is 4.27. The number of nitrogens with two attached hydrogens (primary N) is 1. The number of ether oxygens (including phenoxy) is 1. The van der Waals surface area contributed by atoms with E-state index in [4.69, 9.17) is 5.73 Å². The van der Waals surface area contributed by atoms with Gasteiger partial charge < -0.3 is 10.6 Å². The summed E-state index contributed by atoms with van der Waals surface area (Å²) in [4.78, 5) is 1.89. The quantitative estimate of drug-likeness (QED) is 0.849. The summed E-state index contributed by atoms with van der Waals surface area (Å²) in [5.41, 5.74) is 8.38. The highest BCUT2D eigenvalue weighted by Gasteiger charge is 2.29. The van der Waals surface area contributed by atoms with E-state index in [1.807, 2.05) is 23.1 Å². The first-order valence-electron chi connectivity index (χ1n) is 5.80. The van der Waals surface area contributed by atoms with E-state index < -0.39 is 6.36 Å². The van der Waals surface area contributed by atoms with Gasteiger partial charge in [-0.1, -0.05) is 6.07 Å². The molecule has 0 bridgehead atoms. The average Bonchev–Trinajstić information content (AvgIpc) is 2.28. The minimum atomic E-state index is -4.56. The molecule has 0 amide bonds. The lowest BCUT2D eigenvalue weighted by molar-refractivity contribution is -0.323. The Labute approximate surface area is 103 Å². The van der Waals surface area contributed by atoms with E-state index in [1.165, 1.54) is 0 Å². The summed E-state index contributed by atoms with van der Waals surface area (Å²) in [5, 5.41) is 0. The molecule has 0 unspecified atom stereocenters. The van der Waals surface area contributed by atoms with Crippen LogP contribution in [0, 0.1) is 0 Å². The number of fused-ring (bicyclic) bond motifs is 1. The van der Waals surface area contributed by atoms with Crippen molar-refractivity contribution in [3.05, 3.63) is 23.8 Å². The second-order valence-electron chi connectivity index (χ2n) is 4.27. The summed E-state index contributed by atoms with van der Waals surface area (Å²) in [7, 11) is 0. The lowest BCUT2D eigenvalue weighted by atomic mass is 10.0. The van der Waals surface area contributed by atoms with Gasteiger partial charge in [0.2, 0.25) is 0 Å². The Morgan fingerprint density at radius 3 is 2.83 bits per heavy atom. The Kier molecular flexibility index (Phi) is 3.65. The molecule has 0 aromatic heterocycles. The molecule has 18 heavy (non-hydrogen) atoms.